The number of aryl methyl sites for hydroxylation is 3. The van der Waals surface area contributed by atoms with E-state index >= 15 is 0 Å². The monoisotopic (exact) mass is 263 g/mol. The van der Waals surface area contributed by atoms with E-state index < -0.39 is 0 Å². The molecular weight excluding hydrogens is 246 g/mol. The Morgan fingerprint density at radius 2 is 1.83 bits per heavy atom. The van der Waals surface area contributed by atoms with Crippen molar-refractivity contribution in [3.8, 4) is 11.3 Å². The van der Waals surface area contributed by atoms with Crippen LogP contribution in [0.2, 0.25) is 5.15 Å². The number of benzene rings is 1. The van der Waals surface area contributed by atoms with Gasteiger partial charge in [0, 0.05) is 12.0 Å². The summed E-state index contributed by atoms with van der Waals surface area (Å²) in [5.41, 5.74) is 11.1. The first kappa shape index (κ1) is 13.1. The van der Waals surface area contributed by atoms with Crippen molar-refractivity contribution in [2.45, 2.75) is 27.2 Å². The van der Waals surface area contributed by atoms with Gasteiger partial charge < -0.3 is 10.7 Å². The molecule has 0 aliphatic rings. The number of imidazole rings is 1. The number of nitrogens with two attached hydrogens (primary N) is 1. The predicted octanol–water partition coefficient (Wildman–Crippen LogP) is 3.16. The predicted molar refractivity (Wildman–Crippen MR) is 76.0 cm³/mol. The zero-order valence-corrected chi connectivity index (χ0v) is 11.7. The third-order valence-electron chi connectivity index (χ3n) is 3.19. The zero-order chi connectivity index (χ0) is 13.3. The lowest BCUT2D eigenvalue weighted by Crippen LogP contribution is -2.03. The largest absolute Gasteiger partial charge is 0.332 e. The lowest BCUT2D eigenvalue weighted by Gasteiger charge is -2.08. The Kier molecular flexibility index (Phi) is 3.73. The number of halogens is 1. The van der Waals surface area contributed by atoms with E-state index in [1.54, 1.807) is 0 Å². The summed E-state index contributed by atoms with van der Waals surface area (Å²) in [5.74, 6) is 0.843. The maximum Gasteiger partial charge on any atom is 0.134 e. The van der Waals surface area contributed by atoms with Crippen LogP contribution in [0.5, 0.6) is 0 Å². The summed E-state index contributed by atoms with van der Waals surface area (Å²) in [4.78, 5) is 7.61. The van der Waals surface area contributed by atoms with Crippen LogP contribution in [-0.4, -0.2) is 16.5 Å². The van der Waals surface area contributed by atoms with E-state index in [0.717, 1.165) is 17.1 Å². The Balaban J connectivity index is 2.51. The molecule has 18 heavy (non-hydrogen) atoms. The van der Waals surface area contributed by atoms with Gasteiger partial charge >= 0.3 is 0 Å². The first-order chi connectivity index (χ1) is 8.52. The van der Waals surface area contributed by atoms with E-state index in [1.165, 1.54) is 16.7 Å². The lowest BCUT2D eigenvalue weighted by molar-refractivity contribution is 0.895. The van der Waals surface area contributed by atoms with Gasteiger partial charge in [-0.2, -0.15) is 0 Å². The molecule has 3 N–H and O–H groups in total. The molecular formula is C14H18ClN3. The first-order valence-corrected chi connectivity index (χ1v) is 6.43. The van der Waals surface area contributed by atoms with Crippen molar-refractivity contribution in [3.63, 3.8) is 0 Å². The van der Waals surface area contributed by atoms with E-state index in [-0.39, 0.29) is 0 Å². The van der Waals surface area contributed by atoms with E-state index in [9.17, 15) is 0 Å². The summed E-state index contributed by atoms with van der Waals surface area (Å²) in [6, 6.07) is 4.30. The normalized spacial score (nSPS) is 10.9. The highest BCUT2D eigenvalue weighted by atomic mass is 35.5. The Hall–Kier alpha value is -1.32. The minimum atomic E-state index is 0.565. The third kappa shape index (κ3) is 2.42. The van der Waals surface area contributed by atoms with Crippen LogP contribution < -0.4 is 5.73 Å². The Labute approximate surface area is 112 Å². The van der Waals surface area contributed by atoms with Crippen LogP contribution in [0.15, 0.2) is 12.1 Å². The number of hydrogen-bond acceptors (Lipinski definition) is 2. The molecule has 0 aliphatic heterocycles. The smallest absolute Gasteiger partial charge is 0.134 e. The average molecular weight is 264 g/mol. The molecule has 1 heterocycles. The Morgan fingerprint density at radius 3 is 2.50 bits per heavy atom. The van der Waals surface area contributed by atoms with Crippen molar-refractivity contribution in [2.75, 3.05) is 6.54 Å². The van der Waals surface area contributed by atoms with Crippen LogP contribution in [0.4, 0.5) is 0 Å². The van der Waals surface area contributed by atoms with Crippen LogP contribution >= 0.6 is 11.6 Å². The molecule has 3 nitrogen and oxygen atoms in total. The molecule has 0 aliphatic carbocycles. The molecule has 2 rings (SSSR count). The second-order valence-electron chi connectivity index (χ2n) is 4.64. The average Bonchev–Trinajstić information content (AvgIpc) is 2.65. The maximum atomic E-state index is 6.22. The summed E-state index contributed by atoms with van der Waals surface area (Å²) in [7, 11) is 0. The topological polar surface area (TPSA) is 54.7 Å². The van der Waals surface area contributed by atoms with Crippen LogP contribution in [0.25, 0.3) is 11.3 Å². The fourth-order valence-electron chi connectivity index (χ4n) is 2.05. The molecule has 0 atom stereocenters. The van der Waals surface area contributed by atoms with E-state index in [2.05, 4.69) is 42.9 Å². The molecule has 1 aromatic carbocycles. The summed E-state index contributed by atoms with van der Waals surface area (Å²) in [6.45, 7) is 6.85. The quantitative estimate of drug-likeness (QED) is 0.894. The highest BCUT2D eigenvalue weighted by Crippen LogP contribution is 2.30. The zero-order valence-electron chi connectivity index (χ0n) is 11.0. The van der Waals surface area contributed by atoms with Gasteiger partial charge in [0.15, 0.2) is 0 Å². The van der Waals surface area contributed by atoms with Crippen molar-refractivity contribution in [2.24, 2.45) is 5.73 Å². The van der Waals surface area contributed by atoms with Crippen molar-refractivity contribution < 1.29 is 0 Å². The van der Waals surface area contributed by atoms with Crippen molar-refractivity contribution >= 4 is 11.6 Å². The Bertz CT molecular complexity index is 573. The van der Waals surface area contributed by atoms with Crippen LogP contribution in [0, 0.1) is 20.8 Å². The number of aromatic nitrogens is 2. The molecule has 1 aromatic heterocycles. The molecule has 0 fully saturated rings. The van der Waals surface area contributed by atoms with Gasteiger partial charge in [0.05, 0.1) is 0 Å². The van der Waals surface area contributed by atoms with E-state index in [0.29, 0.717) is 18.1 Å². The van der Waals surface area contributed by atoms with Gasteiger partial charge in [-0.15, -0.1) is 0 Å². The minimum absolute atomic E-state index is 0.565. The standard InChI is InChI=1S/C14H18ClN3/c1-8-6-10(3)11(7-9(8)2)13-14(15)18-12(17-13)4-5-16/h6-7H,4-5,16H2,1-3H3,(H,17,18). The van der Waals surface area contributed by atoms with Crippen LogP contribution in [0.1, 0.15) is 22.5 Å². The Morgan fingerprint density at radius 1 is 1.17 bits per heavy atom. The van der Waals surface area contributed by atoms with Crippen molar-refractivity contribution in [1.82, 2.24) is 9.97 Å². The molecule has 0 amide bonds. The summed E-state index contributed by atoms with van der Waals surface area (Å²) >= 11 is 6.22. The highest BCUT2D eigenvalue weighted by molar-refractivity contribution is 6.32. The second-order valence-corrected chi connectivity index (χ2v) is 5.01. The summed E-state index contributed by atoms with van der Waals surface area (Å²) in [5, 5.41) is 0.588. The molecule has 4 heteroatoms. The van der Waals surface area contributed by atoms with Gasteiger partial charge in [-0.25, -0.2) is 4.98 Å². The molecule has 0 saturated carbocycles. The molecule has 0 saturated heterocycles. The van der Waals surface area contributed by atoms with Crippen LogP contribution in [-0.2, 0) is 6.42 Å². The first-order valence-electron chi connectivity index (χ1n) is 6.05. The second kappa shape index (κ2) is 5.12. The number of rotatable bonds is 3. The summed E-state index contributed by atoms with van der Waals surface area (Å²) < 4.78 is 0. The van der Waals surface area contributed by atoms with Gasteiger partial charge in [-0.3, -0.25) is 0 Å². The highest BCUT2D eigenvalue weighted by Gasteiger charge is 2.13. The number of hydrogen-bond donors (Lipinski definition) is 2. The maximum absolute atomic E-state index is 6.22. The van der Waals surface area contributed by atoms with Gasteiger partial charge in [-0.05, 0) is 50.1 Å². The molecule has 0 unspecified atom stereocenters. The third-order valence-corrected chi connectivity index (χ3v) is 3.46. The molecule has 96 valence electrons. The van der Waals surface area contributed by atoms with Gasteiger partial charge in [-0.1, -0.05) is 17.7 Å². The fraction of sp³-hybridized carbons (Fsp3) is 0.357. The molecule has 2 aromatic rings. The molecule has 0 radical (unpaired) electrons. The van der Waals surface area contributed by atoms with Gasteiger partial charge in [0.2, 0.25) is 0 Å². The van der Waals surface area contributed by atoms with Gasteiger partial charge in [0.25, 0.3) is 0 Å². The van der Waals surface area contributed by atoms with Crippen molar-refractivity contribution in [1.29, 1.82) is 0 Å². The minimum Gasteiger partial charge on any atom is -0.332 e. The van der Waals surface area contributed by atoms with Crippen molar-refractivity contribution in [3.05, 3.63) is 39.8 Å². The van der Waals surface area contributed by atoms with Crippen LogP contribution in [0.3, 0.4) is 0 Å². The summed E-state index contributed by atoms with van der Waals surface area (Å²) in [6.07, 6.45) is 0.712. The number of aromatic amines is 1. The molecule has 0 bridgehead atoms. The lowest BCUT2D eigenvalue weighted by atomic mass is 9.99. The fourth-order valence-corrected chi connectivity index (χ4v) is 2.30. The van der Waals surface area contributed by atoms with E-state index in [1.807, 2.05) is 0 Å². The van der Waals surface area contributed by atoms with E-state index in [4.69, 9.17) is 17.3 Å². The number of nitrogens with one attached hydrogen (secondary N) is 1. The number of nitrogens with zero attached hydrogens (tertiary/aromatic N) is 1. The SMILES string of the molecule is Cc1cc(C)c(-c2nc(CCN)[nH]c2Cl)cc1C. The number of H-pyrrole nitrogens is 1. The molecule has 0 spiro atoms. The van der Waals surface area contributed by atoms with Gasteiger partial charge in [0.1, 0.15) is 16.7 Å².